The summed E-state index contributed by atoms with van der Waals surface area (Å²) in [5, 5.41) is 5.34. The highest BCUT2D eigenvalue weighted by Crippen LogP contribution is 2.13. The number of hydrogen-bond acceptors (Lipinski definition) is 2. The first-order valence-electron chi connectivity index (χ1n) is 5.63. The first-order valence-corrected chi connectivity index (χ1v) is 6.70. The topological polar surface area (TPSA) is 58.2 Å². The van der Waals surface area contributed by atoms with E-state index in [9.17, 15) is 9.59 Å². The van der Waals surface area contributed by atoms with E-state index in [0.717, 1.165) is 9.26 Å². The molecular weight excluding hydrogens is 343 g/mol. The van der Waals surface area contributed by atoms with Crippen molar-refractivity contribution in [3.63, 3.8) is 0 Å². The second-order valence-electron chi connectivity index (χ2n) is 4.99. The zero-order valence-electron chi connectivity index (χ0n) is 10.7. The molecule has 0 saturated heterocycles. The van der Waals surface area contributed by atoms with Crippen molar-refractivity contribution in [2.24, 2.45) is 5.41 Å². The smallest absolute Gasteiger partial charge is 0.243 e. The molecule has 0 atom stereocenters. The molecule has 4 nitrogen and oxygen atoms in total. The summed E-state index contributed by atoms with van der Waals surface area (Å²) in [5.74, 6) is -0.366. The third-order valence-electron chi connectivity index (χ3n) is 2.20. The van der Waals surface area contributed by atoms with Crippen molar-refractivity contribution >= 4 is 40.1 Å². The van der Waals surface area contributed by atoms with Crippen LogP contribution < -0.4 is 10.6 Å². The monoisotopic (exact) mass is 360 g/mol. The molecule has 2 amide bonds. The van der Waals surface area contributed by atoms with Gasteiger partial charge in [-0.05, 0) is 40.8 Å². The Kier molecular flexibility index (Phi) is 5.13. The highest BCUT2D eigenvalue weighted by Gasteiger charge is 2.21. The van der Waals surface area contributed by atoms with E-state index in [-0.39, 0.29) is 18.4 Å². The Bertz CT molecular complexity index is 453. The maximum Gasteiger partial charge on any atom is 0.243 e. The van der Waals surface area contributed by atoms with Gasteiger partial charge >= 0.3 is 0 Å². The lowest BCUT2D eigenvalue weighted by Crippen LogP contribution is -2.39. The van der Waals surface area contributed by atoms with Crippen LogP contribution >= 0.6 is 22.6 Å². The largest absolute Gasteiger partial charge is 0.347 e. The molecule has 0 radical (unpaired) electrons. The number of carbonyl (C=O) groups is 2. The molecule has 0 aliphatic rings. The molecule has 0 heterocycles. The first-order chi connectivity index (χ1) is 8.29. The van der Waals surface area contributed by atoms with Crippen molar-refractivity contribution in [2.75, 3.05) is 11.9 Å². The Hall–Kier alpha value is -1.11. The quantitative estimate of drug-likeness (QED) is 0.814. The number of hydrogen-bond donors (Lipinski definition) is 2. The second kappa shape index (κ2) is 6.17. The van der Waals surface area contributed by atoms with Crippen LogP contribution in [0.5, 0.6) is 0 Å². The molecular formula is C13H17IN2O2. The van der Waals surface area contributed by atoms with Crippen LogP contribution in [0.1, 0.15) is 20.8 Å². The lowest BCUT2D eigenvalue weighted by atomic mass is 9.96. The standard InChI is InChI=1S/C13H17IN2O2/c1-13(2,3)12(18)15-8-11(17)16-10-6-4-5-9(14)7-10/h4-7H,8H2,1-3H3,(H,15,18)(H,16,17). The summed E-state index contributed by atoms with van der Waals surface area (Å²) in [6.07, 6.45) is 0. The van der Waals surface area contributed by atoms with Crippen LogP contribution in [-0.2, 0) is 9.59 Å². The predicted molar refractivity (Wildman–Crippen MR) is 80.3 cm³/mol. The first kappa shape index (κ1) is 14.9. The van der Waals surface area contributed by atoms with Crippen molar-refractivity contribution < 1.29 is 9.59 Å². The number of amides is 2. The highest BCUT2D eigenvalue weighted by molar-refractivity contribution is 14.1. The van der Waals surface area contributed by atoms with Gasteiger partial charge in [0.2, 0.25) is 11.8 Å². The van der Waals surface area contributed by atoms with Crippen molar-refractivity contribution in [1.82, 2.24) is 5.32 Å². The predicted octanol–water partition coefficient (Wildman–Crippen LogP) is 2.39. The van der Waals surface area contributed by atoms with E-state index in [2.05, 4.69) is 33.2 Å². The SMILES string of the molecule is CC(C)(C)C(=O)NCC(=O)Nc1cccc(I)c1. The summed E-state index contributed by atoms with van der Waals surface area (Å²) < 4.78 is 1.05. The zero-order valence-corrected chi connectivity index (χ0v) is 12.9. The minimum absolute atomic E-state index is 0.0123. The van der Waals surface area contributed by atoms with Crippen LogP contribution in [0.4, 0.5) is 5.69 Å². The lowest BCUT2D eigenvalue weighted by molar-refractivity contribution is -0.130. The third kappa shape index (κ3) is 5.03. The number of halogens is 1. The Morgan fingerprint density at radius 1 is 1.28 bits per heavy atom. The van der Waals surface area contributed by atoms with E-state index >= 15 is 0 Å². The third-order valence-corrected chi connectivity index (χ3v) is 2.87. The Labute approximate surface area is 121 Å². The molecule has 0 spiro atoms. The fourth-order valence-corrected chi connectivity index (χ4v) is 1.74. The molecule has 1 aromatic rings. The number of rotatable bonds is 3. The number of benzene rings is 1. The molecule has 1 rings (SSSR count). The van der Waals surface area contributed by atoms with E-state index in [1.54, 1.807) is 20.8 Å². The van der Waals surface area contributed by atoms with Gasteiger partial charge in [0.1, 0.15) is 0 Å². The van der Waals surface area contributed by atoms with Crippen LogP contribution in [-0.4, -0.2) is 18.4 Å². The number of nitrogens with one attached hydrogen (secondary N) is 2. The van der Waals surface area contributed by atoms with Crippen molar-refractivity contribution in [2.45, 2.75) is 20.8 Å². The van der Waals surface area contributed by atoms with E-state index in [4.69, 9.17) is 0 Å². The van der Waals surface area contributed by atoms with Crippen LogP contribution in [0.2, 0.25) is 0 Å². The summed E-state index contributed by atoms with van der Waals surface area (Å²) in [6.45, 7) is 5.40. The second-order valence-corrected chi connectivity index (χ2v) is 6.24. The maximum atomic E-state index is 11.6. The lowest BCUT2D eigenvalue weighted by Gasteiger charge is -2.17. The normalized spacial score (nSPS) is 10.9. The maximum absolute atomic E-state index is 11.6. The Balaban J connectivity index is 2.46. The van der Waals surface area contributed by atoms with Gasteiger partial charge in [-0.3, -0.25) is 9.59 Å². The van der Waals surface area contributed by atoms with Crippen LogP contribution in [0.15, 0.2) is 24.3 Å². The van der Waals surface area contributed by atoms with Crippen LogP contribution in [0.25, 0.3) is 0 Å². The van der Waals surface area contributed by atoms with Gasteiger partial charge in [-0.2, -0.15) is 0 Å². The van der Waals surface area contributed by atoms with Gasteiger partial charge in [0.25, 0.3) is 0 Å². The summed E-state index contributed by atoms with van der Waals surface area (Å²) in [7, 11) is 0. The molecule has 98 valence electrons. The van der Waals surface area contributed by atoms with Crippen molar-refractivity contribution in [3.05, 3.63) is 27.8 Å². The van der Waals surface area contributed by atoms with E-state index < -0.39 is 5.41 Å². The summed E-state index contributed by atoms with van der Waals surface area (Å²) in [4.78, 5) is 23.2. The summed E-state index contributed by atoms with van der Waals surface area (Å²) >= 11 is 2.17. The Morgan fingerprint density at radius 3 is 2.50 bits per heavy atom. The molecule has 18 heavy (non-hydrogen) atoms. The molecule has 2 N–H and O–H groups in total. The van der Waals surface area contributed by atoms with Gasteiger partial charge in [-0.1, -0.05) is 26.8 Å². The minimum atomic E-state index is -0.484. The van der Waals surface area contributed by atoms with Gasteiger partial charge in [0.05, 0.1) is 6.54 Å². The molecule has 0 bridgehead atoms. The Morgan fingerprint density at radius 2 is 1.94 bits per heavy atom. The molecule has 5 heteroatoms. The highest BCUT2D eigenvalue weighted by atomic mass is 127. The zero-order chi connectivity index (χ0) is 13.8. The van der Waals surface area contributed by atoms with Gasteiger partial charge in [-0.15, -0.1) is 0 Å². The van der Waals surface area contributed by atoms with Gasteiger partial charge in [-0.25, -0.2) is 0 Å². The molecule has 0 aliphatic heterocycles. The molecule has 0 saturated carbocycles. The summed E-state index contributed by atoms with van der Waals surface area (Å²) in [6, 6.07) is 7.48. The van der Waals surface area contributed by atoms with Crippen LogP contribution in [0.3, 0.4) is 0 Å². The average molecular weight is 360 g/mol. The van der Waals surface area contributed by atoms with Gasteiger partial charge < -0.3 is 10.6 Å². The van der Waals surface area contributed by atoms with Crippen LogP contribution in [0, 0.1) is 8.99 Å². The van der Waals surface area contributed by atoms with Gasteiger partial charge in [0.15, 0.2) is 0 Å². The number of carbonyl (C=O) groups excluding carboxylic acids is 2. The van der Waals surface area contributed by atoms with Crippen molar-refractivity contribution in [3.8, 4) is 0 Å². The van der Waals surface area contributed by atoms with E-state index in [1.807, 2.05) is 24.3 Å². The summed E-state index contributed by atoms with van der Waals surface area (Å²) in [5.41, 5.74) is 0.250. The molecule has 0 aromatic heterocycles. The van der Waals surface area contributed by atoms with E-state index in [1.165, 1.54) is 0 Å². The molecule has 0 unspecified atom stereocenters. The van der Waals surface area contributed by atoms with Crippen molar-refractivity contribution in [1.29, 1.82) is 0 Å². The number of anilines is 1. The fraction of sp³-hybridized carbons (Fsp3) is 0.385. The molecule has 0 fully saturated rings. The minimum Gasteiger partial charge on any atom is -0.347 e. The molecule has 0 aliphatic carbocycles. The molecule has 1 aromatic carbocycles. The average Bonchev–Trinajstić information content (AvgIpc) is 2.24. The van der Waals surface area contributed by atoms with E-state index in [0.29, 0.717) is 0 Å². The van der Waals surface area contributed by atoms with Gasteiger partial charge in [0, 0.05) is 14.7 Å². The fourth-order valence-electron chi connectivity index (χ4n) is 1.20.